The lowest BCUT2D eigenvalue weighted by atomic mass is 10.1. The van der Waals surface area contributed by atoms with Crippen LogP contribution in [0.5, 0.6) is 0 Å². The van der Waals surface area contributed by atoms with E-state index in [9.17, 15) is 9.18 Å². The molecule has 1 aromatic heterocycles. The summed E-state index contributed by atoms with van der Waals surface area (Å²) < 4.78 is 12.9. The zero-order valence-electron chi connectivity index (χ0n) is 12.3. The van der Waals surface area contributed by atoms with Crippen LogP contribution in [-0.4, -0.2) is 24.0 Å². The molecule has 1 saturated heterocycles. The predicted molar refractivity (Wildman–Crippen MR) is 84.7 cm³/mol. The second-order valence-electron chi connectivity index (χ2n) is 5.44. The Morgan fingerprint density at radius 1 is 1.09 bits per heavy atom. The van der Waals surface area contributed by atoms with Crippen LogP contribution in [0.25, 0.3) is 0 Å². The average molecular weight is 299 g/mol. The molecule has 0 bridgehead atoms. The van der Waals surface area contributed by atoms with E-state index in [0.717, 1.165) is 18.8 Å². The SMILES string of the molecule is O=C(Nc1ccc(F)cc1)c1cncc(N2CCCCC2)c1. The number of rotatable bonds is 3. The average Bonchev–Trinajstić information content (AvgIpc) is 2.58. The minimum absolute atomic E-state index is 0.238. The lowest BCUT2D eigenvalue weighted by Crippen LogP contribution is -2.29. The van der Waals surface area contributed by atoms with E-state index in [1.54, 1.807) is 12.4 Å². The molecule has 0 atom stereocenters. The third kappa shape index (κ3) is 3.42. The van der Waals surface area contributed by atoms with Gasteiger partial charge in [-0.15, -0.1) is 0 Å². The molecule has 2 heterocycles. The van der Waals surface area contributed by atoms with Crippen LogP contribution in [0.1, 0.15) is 29.6 Å². The molecule has 1 aliphatic heterocycles. The number of nitrogens with one attached hydrogen (secondary N) is 1. The first-order valence-electron chi connectivity index (χ1n) is 7.49. The lowest BCUT2D eigenvalue weighted by Gasteiger charge is -2.28. The molecule has 1 amide bonds. The highest BCUT2D eigenvalue weighted by Gasteiger charge is 2.14. The van der Waals surface area contributed by atoms with E-state index in [0.29, 0.717) is 11.3 Å². The first-order chi connectivity index (χ1) is 10.7. The molecule has 0 aliphatic carbocycles. The summed E-state index contributed by atoms with van der Waals surface area (Å²) >= 11 is 0. The number of carbonyl (C=O) groups is 1. The Kier molecular flexibility index (Phi) is 4.32. The Morgan fingerprint density at radius 2 is 1.82 bits per heavy atom. The van der Waals surface area contributed by atoms with Gasteiger partial charge in [-0.1, -0.05) is 0 Å². The van der Waals surface area contributed by atoms with E-state index in [1.165, 1.54) is 43.5 Å². The summed E-state index contributed by atoms with van der Waals surface area (Å²) in [5, 5.41) is 2.75. The van der Waals surface area contributed by atoms with Gasteiger partial charge >= 0.3 is 0 Å². The van der Waals surface area contributed by atoms with Crippen molar-refractivity contribution in [3.05, 3.63) is 54.1 Å². The van der Waals surface area contributed by atoms with Crippen molar-refractivity contribution in [3.8, 4) is 0 Å². The van der Waals surface area contributed by atoms with Gasteiger partial charge in [0, 0.05) is 25.0 Å². The number of aromatic nitrogens is 1. The summed E-state index contributed by atoms with van der Waals surface area (Å²) in [6.07, 6.45) is 6.94. The Balaban J connectivity index is 1.73. The topological polar surface area (TPSA) is 45.2 Å². The summed E-state index contributed by atoms with van der Waals surface area (Å²) in [4.78, 5) is 18.7. The number of nitrogens with zero attached hydrogens (tertiary/aromatic N) is 2. The molecule has 0 saturated carbocycles. The quantitative estimate of drug-likeness (QED) is 0.944. The normalized spacial score (nSPS) is 14.7. The van der Waals surface area contributed by atoms with Crippen LogP contribution in [0.2, 0.25) is 0 Å². The van der Waals surface area contributed by atoms with Gasteiger partial charge in [-0.05, 0) is 49.6 Å². The predicted octanol–water partition coefficient (Wildman–Crippen LogP) is 3.46. The number of anilines is 2. The van der Waals surface area contributed by atoms with Crippen molar-refractivity contribution in [1.29, 1.82) is 0 Å². The molecule has 4 nitrogen and oxygen atoms in total. The molecule has 0 radical (unpaired) electrons. The fourth-order valence-corrected chi connectivity index (χ4v) is 2.61. The summed E-state index contributed by atoms with van der Waals surface area (Å²) in [7, 11) is 0. The van der Waals surface area contributed by atoms with Gasteiger partial charge in [0.15, 0.2) is 0 Å². The van der Waals surface area contributed by atoms with Crippen LogP contribution < -0.4 is 10.2 Å². The molecule has 1 aromatic carbocycles. The number of amides is 1. The maximum atomic E-state index is 12.9. The van der Waals surface area contributed by atoms with Gasteiger partial charge in [0.2, 0.25) is 0 Å². The van der Waals surface area contributed by atoms with Gasteiger partial charge in [-0.3, -0.25) is 9.78 Å². The molecule has 5 heteroatoms. The highest BCUT2D eigenvalue weighted by molar-refractivity contribution is 6.04. The Hall–Kier alpha value is -2.43. The van der Waals surface area contributed by atoms with Crippen LogP contribution in [0.15, 0.2) is 42.7 Å². The minimum Gasteiger partial charge on any atom is -0.370 e. The number of carbonyl (C=O) groups excluding carboxylic acids is 1. The van der Waals surface area contributed by atoms with E-state index in [4.69, 9.17) is 0 Å². The van der Waals surface area contributed by atoms with Crippen LogP contribution in [-0.2, 0) is 0 Å². The van der Waals surface area contributed by atoms with Gasteiger partial charge < -0.3 is 10.2 Å². The van der Waals surface area contributed by atoms with Gasteiger partial charge in [0.25, 0.3) is 5.91 Å². The Labute approximate surface area is 129 Å². The van der Waals surface area contributed by atoms with Crippen molar-refractivity contribution in [2.24, 2.45) is 0 Å². The van der Waals surface area contributed by atoms with Gasteiger partial charge in [0.05, 0.1) is 17.4 Å². The van der Waals surface area contributed by atoms with Crippen molar-refractivity contribution in [2.45, 2.75) is 19.3 Å². The summed E-state index contributed by atoms with van der Waals surface area (Å²) in [5.74, 6) is -0.565. The van der Waals surface area contributed by atoms with Crippen LogP contribution in [0, 0.1) is 5.82 Å². The molecule has 114 valence electrons. The number of piperidine rings is 1. The molecular weight excluding hydrogens is 281 g/mol. The molecule has 0 spiro atoms. The first-order valence-corrected chi connectivity index (χ1v) is 7.49. The highest BCUT2D eigenvalue weighted by atomic mass is 19.1. The van der Waals surface area contributed by atoms with E-state index < -0.39 is 0 Å². The van der Waals surface area contributed by atoms with E-state index in [1.807, 2.05) is 6.07 Å². The zero-order valence-corrected chi connectivity index (χ0v) is 12.3. The third-order valence-electron chi connectivity index (χ3n) is 3.81. The smallest absolute Gasteiger partial charge is 0.257 e. The van der Waals surface area contributed by atoms with E-state index in [-0.39, 0.29) is 11.7 Å². The number of hydrogen-bond donors (Lipinski definition) is 1. The number of halogens is 1. The van der Waals surface area contributed by atoms with Crippen molar-refractivity contribution in [3.63, 3.8) is 0 Å². The second kappa shape index (κ2) is 6.56. The van der Waals surface area contributed by atoms with Crippen molar-refractivity contribution in [1.82, 2.24) is 4.98 Å². The molecule has 1 fully saturated rings. The molecule has 22 heavy (non-hydrogen) atoms. The fourth-order valence-electron chi connectivity index (χ4n) is 2.61. The van der Waals surface area contributed by atoms with Gasteiger partial charge in [-0.25, -0.2) is 4.39 Å². The van der Waals surface area contributed by atoms with Crippen LogP contribution >= 0.6 is 0 Å². The monoisotopic (exact) mass is 299 g/mol. The Morgan fingerprint density at radius 3 is 2.55 bits per heavy atom. The summed E-state index contributed by atoms with van der Waals surface area (Å²) in [6.45, 7) is 2.01. The number of benzene rings is 1. The summed E-state index contributed by atoms with van der Waals surface area (Å²) in [6, 6.07) is 7.57. The molecule has 2 aromatic rings. The van der Waals surface area contributed by atoms with Crippen LogP contribution in [0.4, 0.5) is 15.8 Å². The maximum absolute atomic E-state index is 12.9. The van der Waals surface area contributed by atoms with Crippen molar-refractivity contribution < 1.29 is 9.18 Å². The largest absolute Gasteiger partial charge is 0.370 e. The van der Waals surface area contributed by atoms with Gasteiger partial charge in [0.1, 0.15) is 5.82 Å². The fraction of sp³-hybridized carbons (Fsp3) is 0.294. The minimum atomic E-state index is -0.327. The lowest BCUT2D eigenvalue weighted by molar-refractivity contribution is 0.102. The number of hydrogen-bond acceptors (Lipinski definition) is 3. The van der Waals surface area contributed by atoms with Crippen molar-refractivity contribution >= 4 is 17.3 Å². The Bertz CT molecular complexity index is 651. The molecular formula is C17H18FN3O. The maximum Gasteiger partial charge on any atom is 0.257 e. The van der Waals surface area contributed by atoms with Gasteiger partial charge in [-0.2, -0.15) is 0 Å². The molecule has 1 N–H and O–H groups in total. The van der Waals surface area contributed by atoms with E-state index in [2.05, 4.69) is 15.2 Å². The van der Waals surface area contributed by atoms with Crippen molar-refractivity contribution in [2.75, 3.05) is 23.3 Å². The van der Waals surface area contributed by atoms with Crippen LogP contribution in [0.3, 0.4) is 0 Å². The first kappa shape index (κ1) is 14.5. The summed E-state index contributed by atoms with van der Waals surface area (Å²) in [5.41, 5.74) is 2.05. The molecule has 1 aliphatic rings. The zero-order chi connectivity index (χ0) is 15.4. The number of pyridine rings is 1. The second-order valence-corrected chi connectivity index (χ2v) is 5.44. The molecule has 3 rings (SSSR count). The molecule has 0 unspecified atom stereocenters. The van der Waals surface area contributed by atoms with E-state index >= 15 is 0 Å². The highest BCUT2D eigenvalue weighted by Crippen LogP contribution is 2.20. The third-order valence-corrected chi connectivity index (χ3v) is 3.81. The standard InChI is InChI=1S/C17H18FN3O/c18-14-4-6-15(7-5-14)20-17(22)13-10-16(12-19-11-13)21-8-2-1-3-9-21/h4-7,10-12H,1-3,8-9H2,(H,20,22).